The van der Waals surface area contributed by atoms with Crippen molar-refractivity contribution in [2.24, 2.45) is 5.92 Å². The Morgan fingerprint density at radius 1 is 1.62 bits per heavy atom. The molecule has 0 spiro atoms. The molecule has 1 N–H and O–H groups in total. The molecule has 1 aliphatic rings. The molecule has 0 atom stereocenters. The van der Waals surface area contributed by atoms with Crippen LogP contribution >= 0.6 is 11.6 Å². The second kappa shape index (κ2) is 4.65. The van der Waals surface area contributed by atoms with Crippen molar-refractivity contribution >= 4 is 17.5 Å². The predicted molar refractivity (Wildman–Crippen MR) is 59.2 cm³/mol. The molecule has 1 aliphatic carbocycles. The highest BCUT2D eigenvalue weighted by Gasteiger charge is 2.21. The van der Waals surface area contributed by atoms with Gasteiger partial charge in [0.25, 0.3) is 5.56 Å². The lowest BCUT2D eigenvalue weighted by atomic mass is 10.4. The summed E-state index contributed by atoms with van der Waals surface area (Å²) in [6.45, 7) is 0.699. The molecular formula is C10H12ClN3O2. The summed E-state index contributed by atoms with van der Waals surface area (Å²) < 4.78 is 1.23. The summed E-state index contributed by atoms with van der Waals surface area (Å²) in [4.78, 5) is 26.6. The Morgan fingerprint density at radius 3 is 3.00 bits per heavy atom. The summed E-state index contributed by atoms with van der Waals surface area (Å²) in [5.41, 5.74) is -0.318. The van der Waals surface area contributed by atoms with Crippen LogP contribution in [0.2, 0.25) is 5.15 Å². The van der Waals surface area contributed by atoms with Crippen LogP contribution in [-0.2, 0) is 11.3 Å². The van der Waals surface area contributed by atoms with Crippen molar-refractivity contribution < 1.29 is 4.79 Å². The molecule has 1 amide bonds. The minimum Gasteiger partial charge on any atom is -0.354 e. The second-order valence-electron chi connectivity index (χ2n) is 3.93. The van der Waals surface area contributed by atoms with E-state index in [1.54, 1.807) is 0 Å². The van der Waals surface area contributed by atoms with Crippen molar-refractivity contribution in [1.82, 2.24) is 14.9 Å². The van der Waals surface area contributed by atoms with Crippen LogP contribution in [0.5, 0.6) is 0 Å². The van der Waals surface area contributed by atoms with E-state index >= 15 is 0 Å². The third-order valence-corrected chi connectivity index (χ3v) is 2.65. The third kappa shape index (κ3) is 3.06. The number of hydrogen-bond donors (Lipinski definition) is 1. The Labute approximate surface area is 97.4 Å². The number of amides is 1. The van der Waals surface area contributed by atoms with Gasteiger partial charge in [-0.25, -0.2) is 4.98 Å². The first-order valence-electron chi connectivity index (χ1n) is 5.14. The zero-order valence-corrected chi connectivity index (χ0v) is 9.41. The van der Waals surface area contributed by atoms with Crippen molar-refractivity contribution in [2.45, 2.75) is 19.4 Å². The average molecular weight is 242 g/mol. The van der Waals surface area contributed by atoms with Gasteiger partial charge in [0.15, 0.2) is 0 Å². The summed E-state index contributed by atoms with van der Waals surface area (Å²) in [7, 11) is 0. The van der Waals surface area contributed by atoms with E-state index in [4.69, 9.17) is 11.6 Å². The molecule has 1 heterocycles. The van der Waals surface area contributed by atoms with Crippen LogP contribution in [0.4, 0.5) is 0 Å². The highest BCUT2D eigenvalue weighted by Crippen LogP contribution is 2.27. The lowest BCUT2D eigenvalue weighted by Crippen LogP contribution is -2.33. The quantitative estimate of drug-likeness (QED) is 0.778. The van der Waals surface area contributed by atoms with Gasteiger partial charge in [-0.05, 0) is 18.8 Å². The Balaban J connectivity index is 1.91. The van der Waals surface area contributed by atoms with Crippen LogP contribution < -0.4 is 10.9 Å². The van der Waals surface area contributed by atoms with Gasteiger partial charge in [0.05, 0.1) is 6.33 Å². The zero-order valence-electron chi connectivity index (χ0n) is 8.65. The lowest BCUT2D eigenvalue weighted by Gasteiger charge is -2.05. The molecule has 16 heavy (non-hydrogen) atoms. The summed E-state index contributed by atoms with van der Waals surface area (Å²) >= 11 is 5.54. The van der Waals surface area contributed by atoms with Crippen LogP contribution in [0.15, 0.2) is 17.2 Å². The fraction of sp³-hybridized carbons (Fsp3) is 0.500. The zero-order chi connectivity index (χ0) is 11.5. The minimum atomic E-state index is -0.318. The standard InChI is InChI=1S/C10H12ClN3O2/c11-8-3-10(16)14(6-13-8)5-9(15)12-4-7-1-2-7/h3,6-7H,1-2,4-5H2,(H,12,15). The van der Waals surface area contributed by atoms with E-state index in [2.05, 4.69) is 10.3 Å². The first kappa shape index (κ1) is 11.1. The smallest absolute Gasteiger partial charge is 0.255 e. The summed E-state index contributed by atoms with van der Waals surface area (Å²) in [5.74, 6) is 0.460. The maximum Gasteiger partial charge on any atom is 0.255 e. The molecule has 0 aliphatic heterocycles. The maximum absolute atomic E-state index is 11.5. The SMILES string of the molecule is O=C(Cn1cnc(Cl)cc1=O)NCC1CC1. The van der Waals surface area contributed by atoms with E-state index in [1.807, 2.05) is 0 Å². The highest BCUT2D eigenvalue weighted by atomic mass is 35.5. The van der Waals surface area contributed by atoms with Gasteiger partial charge in [0.2, 0.25) is 5.91 Å². The Hall–Kier alpha value is -1.36. The Kier molecular flexibility index (Phi) is 3.24. The number of aromatic nitrogens is 2. The summed E-state index contributed by atoms with van der Waals surface area (Å²) in [5, 5.41) is 2.91. The highest BCUT2D eigenvalue weighted by molar-refractivity contribution is 6.29. The van der Waals surface area contributed by atoms with Crippen molar-refractivity contribution in [1.29, 1.82) is 0 Å². The number of carbonyl (C=O) groups excluding carboxylic acids is 1. The van der Waals surface area contributed by atoms with Crippen molar-refractivity contribution in [3.63, 3.8) is 0 Å². The van der Waals surface area contributed by atoms with E-state index in [9.17, 15) is 9.59 Å². The number of rotatable bonds is 4. The van der Waals surface area contributed by atoms with Gasteiger partial charge in [-0.1, -0.05) is 11.6 Å². The monoisotopic (exact) mass is 241 g/mol. The molecule has 0 radical (unpaired) electrons. The summed E-state index contributed by atoms with van der Waals surface area (Å²) in [6, 6.07) is 1.19. The Bertz CT molecular complexity index is 454. The number of hydrogen-bond acceptors (Lipinski definition) is 3. The molecule has 0 saturated heterocycles. The first-order chi connectivity index (χ1) is 7.65. The molecule has 0 bridgehead atoms. The molecular weight excluding hydrogens is 230 g/mol. The molecule has 6 heteroatoms. The summed E-state index contributed by atoms with van der Waals surface area (Å²) in [6.07, 6.45) is 3.65. The van der Waals surface area contributed by atoms with Crippen LogP contribution in [0, 0.1) is 5.92 Å². The third-order valence-electron chi connectivity index (χ3n) is 2.44. The van der Waals surface area contributed by atoms with Gasteiger partial charge in [-0.3, -0.25) is 14.2 Å². The van der Waals surface area contributed by atoms with Crippen LogP contribution in [-0.4, -0.2) is 22.0 Å². The van der Waals surface area contributed by atoms with Crippen LogP contribution in [0.3, 0.4) is 0 Å². The van der Waals surface area contributed by atoms with Gasteiger partial charge in [0, 0.05) is 12.6 Å². The van der Waals surface area contributed by atoms with E-state index in [-0.39, 0.29) is 23.2 Å². The topological polar surface area (TPSA) is 64.0 Å². The van der Waals surface area contributed by atoms with Gasteiger partial charge < -0.3 is 5.32 Å². The minimum absolute atomic E-state index is 0.00424. The van der Waals surface area contributed by atoms with Gasteiger partial charge >= 0.3 is 0 Å². The lowest BCUT2D eigenvalue weighted by molar-refractivity contribution is -0.121. The predicted octanol–water partition coefficient (Wildman–Crippen LogP) is 0.423. The fourth-order valence-corrected chi connectivity index (χ4v) is 1.45. The van der Waals surface area contributed by atoms with E-state index < -0.39 is 0 Å². The van der Waals surface area contributed by atoms with Gasteiger partial charge in [-0.15, -0.1) is 0 Å². The largest absolute Gasteiger partial charge is 0.354 e. The number of halogens is 1. The normalized spacial score (nSPS) is 14.8. The molecule has 0 aromatic carbocycles. The maximum atomic E-state index is 11.5. The average Bonchev–Trinajstić information content (AvgIpc) is 3.03. The van der Waals surface area contributed by atoms with E-state index in [0.29, 0.717) is 12.5 Å². The van der Waals surface area contributed by atoms with E-state index in [0.717, 1.165) is 0 Å². The molecule has 86 valence electrons. The van der Waals surface area contributed by atoms with Crippen LogP contribution in [0.1, 0.15) is 12.8 Å². The number of nitrogens with one attached hydrogen (secondary N) is 1. The Morgan fingerprint density at radius 2 is 2.38 bits per heavy atom. The van der Waals surface area contributed by atoms with Gasteiger partial charge in [-0.2, -0.15) is 0 Å². The van der Waals surface area contributed by atoms with Crippen molar-refractivity contribution in [3.8, 4) is 0 Å². The molecule has 1 fully saturated rings. The molecule has 5 nitrogen and oxygen atoms in total. The number of nitrogens with zero attached hydrogens (tertiary/aromatic N) is 2. The molecule has 2 rings (SSSR count). The van der Waals surface area contributed by atoms with Crippen LogP contribution in [0.25, 0.3) is 0 Å². The molecule has 1 aromatic heterocycles. The first-order valence-corrected chi connectivity index (χ1v) is 5.51. The fourth-order valence-electron chi connectivity index (χ4n) is 1.31. The van der Waals surface area contributed by atoms with Crippen molar-refractivity contribution in [2.75, 3.05) is 6.54 Å². The van der Waals surface area contributed by atoms with Crippen molar-refractivity contribution in [3.05, 3.63) is 27.9 Å². The van der Waals surface area contributed by atoms with E-state index in [1.165, 1.54) is 29.8 Å². The number of carbonyl (C=O) groups is 1. The molecule has 1 aromatic rings. The van der Waals surface area contributed by atoms with Gasteiger partial charge in [0.1, 0.15) is 11.7 Å². The molecule has 0 unspecified atom stereocenters. The molecule has 1 saturated carbocycles. The second-order valence-corrected chi connectivity index (χ2v) is 4.31.